The summed E-state index contributed by atoms with van der Waals surface area (Å²) < 4.78 is 47.6. The van der Waals surface area contributed by atoms with Crippen molar-refractivity contribution >= 4 is 15.7 Å². The molecule has 1 aliphatic heterocycles. The minimum absolute atomic E-state index is 0.0941. The van der Waals surface area contributed by atoms with Gasteiger partial charge >= 0.3 is 0 Å². The van der Waals surface area contributed by atoms with E-state index in [0.29, 0.717) is 25.4 Å². The van der Waals surface area contributed by atoms with Gasteiger partial charge in [0.2, 0.25) is 10.0 Å². The van der Waals surface area contributed by atoms with Crippen molar-refractivity contribution in [2.24, 2.45) is 7.05 Å². The lowest BCUT2D eigenvalue weighted by atomic mass is 10.1. The molecule has 9 heteroatoms. The molecule has 1 aliphatic rings. The second-order valence-corrected chi connectivity index (χ2v) is 7.46. The number of morpholine rings is 1. The number of hydrogen-bond donors (Lipinski definition) is 1. The Morgan fingerprint density at radius 2 is 2.21 bits per heavy atom. The van der Waals surface area contributed by atoms with E-state index in [9.17, 15) is 12.8 Å². The topological polar surface area (TPSA) is 76.5 Å². The summed E-state index contributed by atoms with van der Waals surface area (Å²) in [5.41, 5.74) is 1.29. The molecule has 1 aromatic heterocycles. The maximum atomic E-state index is 14.4. The molecule has 1 aromatic carbocycles. The fourth-order valence-electron chi connectivity index (χ4n) is 2.71. The van der Waals surface area contributed by atoms with E-state index in [2.05, 4.69) is 9.82 Å². The molecule has 2 aromatic rings. The number of nitrogens with one attached hydrogen (secondary N) is 1. The summed E-state index contributed by atoms with van der Waals surface area (Å²) in [6.45, 7) is 1.46. The van der Waals surface area contributed by atoms with E-state index in [1.807, 2.05) is 18.1 Å². The van der Waals surface area contributed by atoms with Gasteiger partial charge in [-0.25, -0.2) is 17.5 Å². The van der Waals surface area contributed by atoms with Crippen LogP contribution in [0.2, 0.25) is 0 Å². The normalized spacial score (nSPS) is 18.8. The number of aryl methyl sites for hydroxylation is 1. The third kappa shape index (κ3) is 3.28. The molecule has 130 valence electrons. The highest BCUT2D eigenvalue weighted by Gasteiger charge is 2.25. The second kappa shape index (κ2) is 6.50. The Morgan fingerprint density at radius 3 is 2.83 bits per heavy atom. The molecule has 0 spiro atoms. The van der Waals surface area contributed by atoms with Gasteiger partial charge in [-0.1, -0.05) is 0 Å². The summed E-state index contributed by atoms with van der Waals surface area (Å²) in [5.74, 6) is -0.571. The van der Waals surface area contributed by atoms with Crippen LogP contribution < -0.4 is 9.62 Å². The van der Waals surface area contributed by atoms with Crippen molar-refractivity contribution in [3.8, 4) is 0 Å². The fourth-order valence-corrected chi connectivity index (χ4v) is 3.45. The SMILES string of the molecule is CNS(=O)(=O)c1ccc(N2CCOC(c3cnn(C)c3)C2)c(F)c1. The van der Waals surface area contributed by atoms with Gasteiger partial charge in [0, 0.05) is 31.9 Å². The first-order valence-electron chi connectivity index (χ1n) is 7.49. The standard InChI is InChI=1S/C15H19FN4O3S/c1-17-24(21,22)12-3-4-14(13(16)7-12)20-5-6-23-15(10-20)11-8-18-19(2)9-11/h3-4,7-9,15,17H,5-6,10H2,1-2H3. The number of hydrogen-bond acceptors (Lipinski definition) is 5. The second-order valence-electron chi connectivity index (χ2n) is 5.57. The lowest BCUT2D eigenvalue weighted by molar-refractivity contribution is 0.0395. The van der Waals surface area contributed by atoms with E-state index in [4.69, 9.17) is 4.74 Å². The molecule has 1 fully saturated rings. The van der Waals surface area contributed by atoms with Crippen molar-refractivity contribution in [1.82, 2.24) is 14.5 Å². The predicted molar refractivity (Wildman–Crippen MR) is 86.8 cm³/mol. The Balaban J connectivity index is 1.83. The number of aromatic nitrogens is 2. The summed E-state index contributed by atoms with van der Waals surface area (Å²) in [6.07, 6.45) is 3.40. The number of halogens is 1. The van der Waals surface area contributed by atoms with Crippen molar-refractivity contribution in [2.75, 3.05) is 31.6 Å². The third-order valence-corrected chi connectivity index (χ3v) is 5.41. The van der Waals surface area contributed by atoms with Crippen molar-refractivity contribution in [2.45, 2.75) is 11.0 Å². The van der Waals surface area contributed by atoms with E-state index < -0.39 is 15.8 Å². The molecule has 0 saturated carbocycles. The van der Waals surface area contributed by atoms with E-state index in [0.717, 1.165) is 11.6 Å². The molecule has 0 aliphatic carbocycles. The number of ether oxygens (including phenoxy) is 1. The summed E-state index contributed by atoms with van der Waals surface area (Å²) in [7, 11) is -0.546. The number of sulfonamides is 1. The van der Waals surface area contributed by atoms with E-state index in [-0.39, 0.29) is 11.0 Å². The minimum Gasteiger partial charge on any atom is -0.370 e. The summed E-state index contributed by atoms with van der Waals surface area (Å²) >= 11 is 0. The molecular weight excluding hydrogens is 335 g/mol. The zero-order valence-electron chi connectivity index (χ0n) is 13.4. The Hall–Kier alpha value is -1.97. The van der Waals surface area contributed by atoms with E-state index >= 15 is 0 Å². The molecular formula is C15H19FN4O3S. The van der Waals surface area contributed by atoms with Gasteiger partial charge in [-0.3, -0.25) is 4.68 Å². The largest absolute Gasteiger partial charge is 0.370 e. The van der Waals surface area contributed by atoms with Crippen molar-refractivity contribution in [1.29, 1.82) is 0 Å². The summed E-state index contributed by atoms with van der Waals surface area (Å²) in [6, 6.07) is 3.93. The highest BCUT2D eigenvalue weighted by atomic mass is 32.2. The van der Waals surface area contributed by atoms with Gasteiger partial charge in [0.1, 0.15) is 11.9 Å². The lowest BCUT2D eigenvalue weighted by Crippen LogP contribution is -2.38. The van der Waals surface area contributed by atoms with Gasteiger partial charge < -0.3 is 9.64 Å². The Kier molecular flexibility index (Phi) is 4.57. The molecule has 24 heavy (non-hydrogen) atoms. The first kappa shape index (κ1) is 16.9. The molecule has 3 rings (SSSR count). The molecule has 0 amide bonds. The zero-order chi connectivity index (χ0) is 17.3. The Labute approximate surface area is 140 Å². The maximum absolute atomic E-state index is 14.4. The van der Waals surface area contributed by atoms with E-state index in [1.54, 1.807) is 10.9 Å². The van der Waals surface area contributed by atoms with Crippen molar-refractivity contribution in [3.63, 3.8) is 0 Å². The van der Waals surface area contributed by atoms with Crippen LogP contribution in [0, 0.1) is 5.82 Å². The number of rotatable bonds is 4. The van der Waals surface area contributed by atoms with Crippen LogP contribution in [0.15, 0.2) is 35.5 Å². The number of benzene rings is 1. The van der Waals surface area contributed by atoms with Crippen LogP contribution in [0.1, 0.15) is 11.7 Å². The first-order chi connectivity index (χ1) is 11.4. The van der Waals surface area contributed by atoms with Crippen molar-refractivity contribution < 1.29 is 17.5 Å². The van der Waals surface area contributed by atoms with Gasteiger partial charge in [0.25, 0.3) is 0 Å². The van der Waals surface area contributed by atoms with Gasteiger partial charge in [-0.05, 0) is 25.2 Å². The first-order valence-corrected chi connectivity index (χ1v) is 8.97. The van der Waals surface area contributed by atoms with Crippen LogP contribution >= 0.6 is 0 Å². The Bertz CT molecular complexity index is 837. The quantitative estimate of drug-likeness (QED) is 0.888. The van der Waals surface area contributed by atoms with Gasteiger partial charge in [0.05, 0.1) is 23.4 Å². The highest BCUT2D eigenvalue weighted by molar-refractivity contribution is 7.89. The van der Waals surface area contributed by atoms with Crippen LogP contribution in [0.3, 0.4) is 0 Å². The van der Waals surface area contributed by atoms with Crippen molar-refractivity contribution in [3.05, 3.63) is 42.0 Å². The minimum atomic E-state index is -3.66. The number of anilines is 1. The third-order valence-electron chi connectivity index (χ3n) is 4.00. The van der Waals surface area contributed by atoms with E-state index in [1.165, 1.54) is 19.2 Å². The molecule has 0 radical (unpaired) electrons. The molecule has 1 atom stereocenters. The van der Waals surface area contributed by atoms with Crippen LogP contribution in [0.5, 0.6) is 0 Å². The predicted octanol–water partition coefficient (Wildman–Crippen LogP) is 1.05. The lowest BCUT2D eigenvalue weighted by Gasteiger charge is -2.34. The Morgan fingerprint density at radius 1 is 1.42 bits per heavy atom. The molecule has 0 bridgehead atoms. The molecule has 1 saturated heterocycles. The average molecular weight is 354 g/mol. The smallest absolute Gasteiger partial charge is 0.240 e. The van der Waals surface area contributed by atoms with Crippen LogP contribution in [-0.4, -0.2) is 44.9 Å². The van der Waals surface area contributed by atoms with Gasteiger partial charge in [-0.15, -0.1) is 0 Å². The monoisotopic (exact) mass is 354 g/mol. The van der Waals surface area contributed by atoms with Crippen LogP contribution in [0.4, 0.5) is 10.1 Å². The fraction of sp³-hybridized carbons (Fsp3) is 0.400. The average Bonchev–Trinajstić information content (AvgIpc) is 3.01. The number of nitrogens with zero attached hydrogens (tertiary/aromatic N) is 3. The highest BCUT2D eigenvalue weighted by Crippen LogP contribution is 2.28. The van der Waals surface area contributed by atoms with Crippen LogP contribution in [0.25, 0.3) is 0 Å². The summed E-state index contributed by atoms with van der Waals surface area (Å²) in [4.78, 5) is 1.76. The maximum Gasteiger partial charge on any atom is 0.240 e. The zero-order valence-corrected chi connectivity index (χ0v) is 14.3. The van der Waals surface area contributed by atoms with Crippen LogP contribution in [-0.2, 0) is 21.8 Å². The van der Waals surface area contributed by atoms with Gasteiger partial charge in [-0.2, -0.15) is 5.10 Å². The summed E-state index contributed by atoms with van der Waals surface area (Å²) in [5, 5.41) is 4.13. The van der Waals surface area contributed by atoms with Gasteiger partial charge in [0.15, 0.2) is 0 Å². The molecule has 2 heterocycles. The molecule has 1 N–H and O–H groups in total. The molecule has 7 nitrogen and oxygen atoms in total. The molecule has 1 unspecified atom stereocenters.